The number of aromatic carboxylic acids is 1. The molecular formula is C19H17N5O4. The Hall–Kier alpha value is -3.75. The average molecular weight is 379 g/mol. The van der Waals surface area contributed by atoms with Crippen molar-refractivity contribution in [2.45, 2.75) is 18.8 Å². The maximum atomic E-state index is 12.5. The average Bonchev–Trinajstić information content (AvgIpc) is 3.44. The number of H-pyrrole nitrogens is 1. The van der Waals surface area contributed by atoms with Crippen LogP contribution in [0.2, 0.25) is 0 Å². The number of nitrogens with one attached hydrogen (secondary N) is 2. The minimum absolute atomic E-state index is 0.0592. The number of pyridine rings is 1. The summed E-state index contributed by atoms with van der Waals surface area (Å²) in [5.41, 5.74) is 0.940. The van der Waals surface area contributed by atoms with Crippen LogP contribution < -0.4 is 10.1 Å². The second-order valence-electron chi connectivity index (χ2n) is 6.44. The van der Waals surface area contributed by atoms with Crippen LogP contribution in [0.3, 0.4) is 0 Å². The van der Waals surface area contributed by atoms with Gasteiger partial charge < -0.3 is 15.2 Å². The molecule has 3 N–H and O–H groups in total. The maximum absolute atomic E-state index is 12.5. The summed E-state index contributed by atoms with van der Waals surface area (Å²) in [7, 11) is 1.39. The fraction of sp³-hybridized carbons (Fsp3) is 0.211. The number of aromatic amines is 1. The molecule has 0 spiro atoms. The SMILES string of the molecule is COc1cc(C(=O)O)nc(C(=O)Nc2cccc(-c3n[nH]c(C4CC4)n3)c2)c1. The summed E-state index contributed by atoms with van der Waals surface area (Å²) >= 11 is 0. The molecule has 4 rings (SSSR count). The number of carboxylic acid groups (broad SMARTS) is 1. The van der Waals surface area contributed by atoms with E-state index < -0.39 is 11.9 Å². The third kappa shape index (κ3) is 3.68. The summed E-state index contributed by atoms with van der Waals surface area (Å²) < 4.78 is 5.05. The zero-order chi connectivity index (χ0) is 19.7. The Morgan fingerprint density at radius 1 is 1.18 bits per heavy atom. The molecule has 1 aromatic carbocycles. The number of methoxy groups -OCH3 is 1. The molecular weight excluding hydrogens is 362 g/mol. The highest BCUT2D eigenvalue weighted by Gasteiger charge is 2.27. The smallest absolute Gasteiger partial charge is 0.354 e. The molecule has 0 bridgehead atoms. The molecule has 3 aromatic rings. The Kier molecular flexibility index (Phi) is 4.48. The number of hydrogen-bond acceptors (Lipinski definition) is 6. The Bertz CT molecular complexity index is 1060. The molecule has 1 aliphatic carbocycles. The van der Waals surface area contributed by atoms with Gasteiger partial charge in [0, 0.05) is 29.3 Å². The quantitative estimate of drug-likeness (QED) is 0.600. The first kappa shape index (κ1) is 17.7. The van der Waals surface area contributed by atoms with Gasteiger partial charge in [-0.25, -0.2) is 14.8 Å². The van der Waals surface area contributed by atoms with E-state index in [-0.39, 0.29) is 17.1 Å². The number of amides is 1. The molecule has 2 heterocycles. The zero-order valence-corrected chi connectivity index (χ0v) is 15.0. The first-order valence-electron chi connectivity index (χ1n) is 8.67. The number of aromatic nitrogens is 4. The van der Waals surface area contributed by atoms with E-state index in [1.807, 2.05) is 6.07 Å². The van der Waals surface area contributed by atoms with Crippen molar-refractivity contribution in [3.05, 3.63) is 53.6 Å². The van der Waals surface area contributed by atoms with Gasteiger partial charge in [0.15, 0.2) is 11.5 Å². The lowest BCUT2D eigenvalue weighted by atomic mass is 10.2. The predicted molar refractivity (Wildman–Crippen MR) is 99.5 cm³/mol. The Morgan fingerprint density at radius 2 is 1.96 bits per heavy atom. The summed E-state index contributed by atoms with van der Waals surface area (Å²) in [5.74, 6) is 0.349. The molecule has 1 saturated carbocycles. The highest BCUT2D eigenvalue weighted by Crippen LogP contribution is 2.38. The number of rotatable bonds is 6. The minimum atomic E-state index is -1.24. The van der Waals surface area contributed by atoms with E-state index in [0.29, 0.717) is 17.4 Å². The van der Waals surface area contributed by atoms with E-state index in [0.717, 1.165) is 24.2 Å². The molecule has 0 atom stereocenters. The molecule has 142 valence electrons. The number of hydrogen-bond donors (Lipinski definition) is 3. The van der Waals surface area contributed by atoms with Crippen LogP contribution in [0.4, 0.5) is 5.69 Å². The van der Waals surface area contributed by atoms with Crippen molar-refractivity contribution < 1.29 is 19.4 Å². The van der Waals surface area contributed by atoms with Crippen LogP contribution >= 0.6 is 0 Å². The van der Waals surface area contributed by atoms with Gasteiger partial charge in [-0.05, 0) is 25.0 Å². The second-order valence-corrected chi connectivity index (χ2v) is 6.44. The first-order chi connectivity index (χ1) is 13.5. The lowest BCUT2D eigenvalue weighted by Crippen LogP contribution is -2.16. The van der Waals surface area contributed by atoms with Gasteiger partial charge in [-0.3, -0.25) is 9.89 Å². The van der Waals surface area contributed by atoms with Crippen LogP contribution in [-0.4, -0.2) is 44.3 Å². The molecule has 2 aromatic heterocycles. The van der Waals surface area contributed by atoms with Gasteiger partial charge in [0.05, 0.1) is 7.11 Å². The normalized spacial score (nSPS) is 13.2. The number of carbonyl (C=O) groups is 2. The van der Waals surface area contributed by atoms with Crippen LogP contribution in [-0.2, 0) is 0 Å². The number of benzene rings is 1. The van der Waals surface area contributed by atoms with Crippen molar-refractivity contribution >= 4 is 17.6 Å². The van der Waals surface area contributed by atoms with Gasteiger partial charge in [0.2, 0.25) is 0 Å². The Balaban J connectivity index is 1.56. The number of ether oxygens (including phenoxy) is 1. The lowest BCUT2D eigenvalue weighted by Gasteiger charge is -2.08. The highest BCUT2D eigenvalue weighted by molar-refractivity contribution is 6.04. The van der Waals surface area contributed by atoms with Gasteiger partial charge in [-0.15, -0.1) is 0 Å². The Morgan fingerprint density at radius 3 is 2.68 bits per heavy atom. The van der Waals surface area contributed by atoms with Crippen LogP contribution in [0.25, 0.3) is 11.4 Å². The summed E-state index contributed by atoms with van der Waals surface area (Å²) in [6, 6.07) is 9.72. The van der Waals surface area contributed by atoms with Crippen molar-refractivity contribution in [2.24, 2.45) is 0 Å². The van der Waals surface area contributed by atoms with E-state index in [4.69, 9.17) is 9.84 Å². The standard InChI is InChI=1S/C19H17N5O4/c1-28-13-8-14(21-15(9-13)19(26)27)18(25)20-12-4-2-3-11(7-12)17-22-16(23-24-17)10-5-6-10/h2-4,7-10H,5-6H2,1H3,(H,20,25)(H,26,27)(H,22,23,24). The summed E-state index contributed by atoms with van der Waals surface area (Å²) in [4.78, 5) is 32.1. The third-order valence-corrected chi connectivity index (χ3v) is 4.33. The zero-order valence-electron chi connectivity index (χ0n) is 15.0. The monoisotopic (exact) mass is 379 g/mol. The molecule has 9 nitrogen and oxygen atoms in total. The predicted octanol–water partition coefficient (Wildman–Crippen LogP) is 2.70. The number of carboxylic acids is 1. The molecule has 1 amide bonds. The Labute approximate surface area is 159 Å². The van der Waals surface area contributed by atoms with Crippen LogP contribution in [0.1, 0.15) is 45.6 Å². The van der Waals surface area contributed by atoms with E-state index >= 15 is 0 Å². The largest absolute Gasteiger partial charge is 0.497 e. The van der Waals surface area contributed by atoms with Gasteiger partial charge >= 0.3 is 5.97 Å². The fourth-order valence-electron chi connectivity index (χ4n) is 2.72. The summed E-state index contributed by atoms with van der Waals surface area (Å²) in [6.45, 7) is 0. The van der Waals surface area contributed by atoms with Crippen molar-refractivity contribution in [1.82, 2.24) is 20.2 Å². The molecule has 0 aliphatic heterocycles. The first-order valence-corrected chi connectivity index (χ1v) is 8.67. The topological polar surface area (TPSA) is 130 Å². The summed E-state index contributed by atoms with van der Waals surface area (Å²) in [5, 5.41) is 19.0. The minimum Gasteiger partial charge on any atom is -0.497 e. The lowest BCUT2D eigenvalue weighted by molar-refractivity contribution is 0.0690. The molecule has 0 saturated heterocycles. The van der Waals surface area contributed by atoms with Crippen LogP contribution in [0, 0.1) is 0 Å². The number of carbonyl (C=O) groups excluding carboxylic acids is 1. The van der Waals surface area contributed by atoms with Gasteiger partial charge in [0.1, 0.15) is 17.3 Å². The molecule has 9 heteroatoms. The van der Waals surface area contributed by atoms with E-state index in [9.17, 15) is 9.59 Å². The van der Waals surface area contributed by atoms with E-state index in [1.54, 1.807) is 18.2 Å². The second kappa shape index (κ2) is 7.10. The van der Waals surface area contributed by atoms with E-state index in [1.165, 1.54) is 19.2 Å². The van der Waals surface area contributed by atoms with Crippen molar-refractivity contribution in [2.75, 3.05) is 12.4 Å². The summed E-state index contributed by atoms with van der Waals surface area (Å²) in [6.07, 6.45) is 2.24. The molecule has 28 heavy (non-hydrogen) atoms. The number of nitrogens with zero attached hydrogens (tertiary/aromatic N) is 3. The van der Waals surface area contributed by atoms with Crippen molar-refractivity contribution in [1.29, 1.82) is 0 Å². The molecule has 0 unspecified atom stereocenters. The molecule has 1 fully saturated rings. The van der Waals surface area contributed by atoms with Gasteiger partial charge in [-0.1, -0.05) is 12.1 Å². The molecule has 1 aliphatic rings. The van der Waals surface area contributed by atoms with Gasteiger partial charge in [-0.2, -0.15) is 5.10 Å². The fourth-order valence-corrected chi connectivity index (χ4v) is 2.72. The van der Waals surface area contributed by atoms with Crippen molar-refractivity contribution in [3.63, 3.8) is 0 Å². The van der Waals surface area contributed by atoms with Crippen LogP contribution in [0.5, 0.6) is 5.75 Å². The van der Waals surface area contributed by atoms with Crippen LogP contribution in [0.15, 0.2) is 36.4 Å². The molecule has 0 radical (unpaired) electrons. The van der Waals surface area contributed by atoms with E-state index in [2.05, 4.69) is 25.5 Å². The highest BCUT2D eigenvalue weighted by atomic mass is 16.5. The third-order valence-electron chi connectivity index (χ3n) is 4.33. The van der Waals surface area contributed by atoms with Gasteiger partial charge in [0.25, 0.3) is 5.91 Å². The van der Waals surface area contributed by atoms with Crippen molar-refractivity contribution in [3.8, 4) is 17.1 Å². The number of anilines is 1. The maximum Gasteiger partial charge on any atom is 0.354 e.